The van der Waals surface area contributed by atoms with Crippen LogP contribution >= 0.6 is 0 Å². The van der Waals surface area contributed by atoms with Gasteiger partial charge in [-0.25, -0.2) is 4.68 Å². The van der Waals surface area contributed by atoms with E-state index in [9.17, 15) is 4.79 Å². The Morgan fingerprint density at radius 1 is 1.44 bits per heavy atom. The minimum Gasteiger partial charge on any atom is -0.325 e. The van der Waals surface area contributed by atoms with Gasteiger partial charge < -0.3 is 10.6 Å². The zero-order valence-electron chi connectivity index (χ0n) is 10.2. The maximum atomic E-state index is 11.5. The van der Waals surface area contributed by atoms with Crippen LogP contribution in [0.25, 0.3) is 11.4 Å². The monoisotopic (exact) mass is 246 g/mol. The summed E-state index contributed by atoms with van der Waals surface area (Å²) >= 11 is 0. The van der Waals surface area contributed by atoms with Crippen LogP contribution in [-0.4, -0.2) is 39.7 Å². The van der Waals surface area contributed by atoms with E-state index >= 15 is 0 Å². The molecule has 0 atom stereocenters. The number of rotatable bonds is 4. The molecule has 1 aromatic heterocycles. The minimum absolute atomic E-state index is 0.0919. The minimum atomic E-state index is -0.0919. The van der Waals surface area contributed by atoms with Gasteiger partial charge in [-0.15, -0.1) is 5.10 Å². The highest BCUT2D eigenvalue weighted by Gasteiger charge is 2.07. The van der Waals surface area contributed by atoms with Gasteiger partial charge in [0.1, 0.15) is 0 Å². The molecule has 0 saturated carbocycles. The highest BCUT2D eigenvalue weighted by Crippen LogP contribution is 2.19. The molecular formula is C11H14N6O. The van der Waals surface area contributed by atoms with E-state index in [1.807, 2.05) is 24.3 Å². The smallest absolute Gasteiger partial charge is 0.238 e. The first-order chi connectivity index (χ1) is 8.70. The lowest BCUT2D eigenvalue weighted by molar-refractivity contribution is -0.115. The Balaban J connectivity index is 2.20. The number of carbonyl (C=O) groups is 1. The van der Waals surface area contributed by atoms with Crippen molar-refractivity contribution in [2.45, 2.75) is 0 Å². The summed E-state index contributed by atoms with van der Waals surface area (Å²) < 4.78 is 1.58. The van der Waals surface area contributed by atoms with Crippen molar-refractivity contribution in [1.29, 1.82) is 0 Å². The first-order valence-electron chi connectivity index (χ1n) is 5.48. The molecule has 1 amide bonds. The molecule has 0 saturated heterocycles. The number of amides is 1. The van der Waals surface area contributed by atoms with Crippen molar-refractivity contribution in [3.8, 4) is 11.4 Å². The second kappa shape index (κ2) is 5.37. The Morgan fingerprint density at radius 2 is 2.28 bits per heavy atom. The number of aryl methyl sites for hydroxylation is 1. The molecule has 7 nitrogen and oxygen atoms in total. The predicted molar refractivity (Wildman–Crippen MR) is 66.8 cm³/mol. The number of hydrogen-bond donors (Lipinski definition) is 2. The lowest BCUT2D eigenvalue weighted by Gasteiger charge is -2.06. The second-order valence-corrected chi connectivity index (χ2v) is 3.79. The van der Waals surface area contributed by atoms with Crippen LogP contribution in [0.2, 0.25) is 0 Å². The van der Waals surface area contributed by atoms with E-state index in [2.05, 4.69) is 26.2 Å². The van der Waals surface area contributed by atoms with E-state index < -0.39 is 0 Å². The van der Waals surface area contributed by atoms with Gasteiger partial charge in [0.15, 0.2) is 5.82 Å². The molecule has 18 heavy (non-hydrogen) atoms. The molecule has 0 unspecified atom stereocenters. The van der Waals surface area contributed by atoms with Crippen molar-refractivity contribution in [2.75, 3.05) is 18.9 Å². The van der Waals surface area contributed by atoms with Gasteiger partial charge in [0.2, 0.25) is 5.91 Å². The standard InChI is InChI=1S/C11H14N6O/c1-12-7-10(18)13-9-5-3-4-8(6-9)11-14-15-16-17(11)2/h3-6,12H,7H2,1-2H3,(H,13,18). The summed E-state index contributed by atoms with van der Waals surface area (Å²) in [6.07, 6.45) is 0. The van der Waals surface area contributed by atoms with E-state index in [4.69, 9.17) is 0 Å². The normalized spacial score (nSPS) is 10.3. The van der Waals surface area contributed by atoms with Crippen molar-refractivity contribution >= 4 is 11.6 Å². The fourth-order valence-electron chi connectivity index (χ4n) is 1.58. The molecule has 0 radical (unpaired) electrons. The van der Waals surface area contributed by atoms with Crippen molar-refractivity contribution in [1.82, 2.24) is 25.5 Å². The lowest BCUT2D eigenvalue weighted by atomic mass is 10.2. The Kier molecular flexibility index (Phi) is 3.63. The van der Waals surface area contributed by atoms with Crippen molar-refractivity contribution in [3.63, 3.8) is 0 Å². The number of nitrogens with one attached hydrogen (secondary N) is 2. The second-order valence-electron chi connectivity index (χ2n) is 3.79. The summed E-state index contributed by atoms with van der Waals surface area (Å²) in [6.45, 7) is 0.274. The van der Waals surface area contributed by atoms with Gasteiger partial charge in [-0.2, -0.15) is 0 Å². The number of nitrogens with zero attached hydrogens (tertiary/aromatic N) is 4. The number of hydrogen-bond acceptors (Lipinski definition) is 5. The van der Waals surface area contributed by atoms with E-state index in [0.29, 0.717) is 5.82 Å². The molecule has 0 fully saturated rings. The first-order valence-corrected chi connectivity index (χ1v) is 5.48. The average molecular weight is 246 g/mol. The van der Waals surface area contributed by atoms with E-state index in [1.165, 1.54) is 0 Å². The largest absolute Gasteiger partial charge is 0.325 e. The maximum absolute atomic E-state index is 11.5. The van der Waals surface area contributed by atoms with Crippen LogP contribution in [0.3, 0.4) is 0 Å². The quantitative estimate of drug-likeness (QED) is 0.795. The summed E-state index contributed by atoms with van der Waals surface area (Å²) in [7, 11) is 3.49. The van der Waals surface area contributed by atoms with Gasteiger partial charge in [0.25, 0.3) is 0 Å². The third-order valence-corrected chi connectivity index (χ3v) is 2.36. The highest BCUT2D eigenvalue weighted by molar-refractivity contribution is 5.92. The number of benzene rings is 1. The molecule has 0 aliphatic heterocycles. The highest BCUT2D eigenvalue weighted by atomic mass is 16.1. The van der Waals surface area contributed by atoms with E-state index in [-0.39, 0.29) is 12.5 Å². The first kappa shape index (κ1) is 12.2. The van der Waals surface area contributed by atoms with Crippen LogP contribution < -0.4 is 10.6 Å². The summed E-state index contributed by atoms with van der Waals surface area (Å²) in [6, 6.07) is 7.39. The SMILES string of the molecule is CNCC(=O)Nc1cccc(-c2nnnn2C)c1. The summed E-state index contributed by atoms with van der Waals surface area (Å²) in [5.41, 5.74) is 1.57. The van der Waals surface area contributed by atoms with Crippen molar-refractivity contribution < 1.29 is 4.79 Å². The Morgan fingerprint density at radius 3 is 2.94 bits per heavy atom. The zero-order chi connectivity index (χ0) is 13.0. The summed E-state index contributed by atoms with van der Waals surface area (Å²) in [4.78, 5) is 11.5. The van der Waals surface area contributed by atoms with Crippen LogP contribution in [0.1, 0.15) is 0 Å². The lowest BCUT2D eigenvalue weighted by Crippen LogP contribution is -2.25. The molecule has 1 heterocycles. The molecular weight excluding hydrogens is 232 g/mol. The Bertz CT molecular complexity index is 550. The molecule has 2 rings (SSSR count). The van der Waals surface area contributed by atoms with Crippen LogP contribution in [0.4, 0.5) is 5.69 Å². The molecule has 1 aromatic carbocycles. The number of carbonyl (C=O) groups excluding carboxylic acids is 1. The molecule has 2 aromatic rings. The predicted octanol–water partition coefficient (Wildman–Crippen LogP) is 0.0350. The zero-order valence-corrected chi connectivity index (χ0v) is 10.2. The van der Waals surface area contributed by atoms with Gasteiger partial charge in [-0.1, -0.05) is 12.1 Å². The summed E-state index contributed by atoms with van der Waals surface area (Å²) in [5.74, 6) is 0.561. The van der Waals surface area contributed by atoms with Crippen LogP contribution in [0, 0.1) is 0 Å². The van der Waals surface area contributed by atoms with Crippen molar-refractivity contribution in [3.05, 3.63) is 24.3 Å². The average Bonchev–Trinajstić information content (AvgIpc) is 2.76. The Hall–Kier alpha value is -2.28. The topological polar surface area (TPSA) is 84.7 Å². The van der Waals surface area contributed by atoms with Gasteiger partial charge >= 0.3 is 0 Å². The maximum Gasteiger partial charge on any atom is 0.238 e. The summed E-state index contributed by atoms with van der Waals surface area (Å²) in [5, 5.41) is 16.9. The molecule has 0 spiro atoms. The van der Waals surface area contributed by atoms with Crippen molar-refractivity contribution in [2.24, 2.45) is 7.05 Å². The molecule has 2 N–H and O–H groups in total. The third-order valence-electron chi connectivity index (χ3n) is 2.36. The fraction of sp³-hybridized carbons (Fsp3) is 0.273. The van der Waals surface area contributed by atoms with E-state index in [0.717, 1.165) is 11.3 Å². The number of anilines is 1. The Labute approximate surface area is 104 Å². The van der Waals surface area contributed by atoms with Gasteiger partial charge in [-0.3, -0.25) is 4.79 Å². The number of tetrazole rings is 1. The molecule has 7 heteroatoms. The van der Waals surface area contributed by atoms with Gasteiger partial charge in [0, 0.05) is 18.3 Å². The molecule has 0 aliphatic carbocycles. The molecule has 0 bridgehead atoms. The number of likely N-dealkylation sites (N-methyl/N-ethyl adjacent to an activating group) is 1. The van der Waals surface area contributed by atoms with Crippen LogP contribution in [0.15, 0.2) is 24.3 Å². The van der Waals surface area contributed by atoms with Gasteiger partial charge in [0.05, 0.1) is 6.54 Å². The van der Waals surface area contributed by atoms with Gasteiger partial charge in [-0.05, 0) is 29.6 Å². The molecule has 94 valence electrons. The fourth-order valence-corrected chi connectivity index (χ4v) is 1.58. The number of aromatic nitrogens is 4. The van der Waals surface area contributed by atoms with E-state index in [1.54, 1.807) is 18.8 Å². The van der Waals surface area contributed by atoms with Crippen LogP contribution in [-0.2, 0) is 11.8 Å². The molecule has 0 aliphatic rings. The third kappa shape index (κ3) is 2.69. The van der Waals surface area contributed by atoms with Crippen LogP contribution in [0.5, 0.6) is 0 Å².